The summed E-state index contributed by atoms with van der Waals surface area (Å²) in [6.07, 6.45) is 2.78. The van der Waals surface area contributed by atoms with Crippen LogP contribution in [0.4, 0.5) is 5.69 Å². The van der Waals surface area contributed by atoms with Crippen LogP contribution in [0.15, 0.2) is 40.0 Å². The lowest BCUT2D eigenvalue weighted by Gasteiger charge is -2.15. The topological polar surface area (TPSA) is 89.8 Å². The lowest BCUT2D eigenvalue weighted by Crippen LogP contribution is -2.28. The molecule has 0 saturated carbocycles. The molecule has 1 aliphatic rings. The van der Waals surface area contributed by atoms with E-state index >= 15 is 0 Å². The van der Waals surface area contributed by atoms with Crippen molar-refractivity contribution in [3.63, 3.8) is 0 Å². The monoisotopic (exact) mass is 454 g/mol. The number of nitrogens with zero attached hydrogens (tertiary/aromatic N) is 1. The van der Waals surface area contributed by atoms with Crippen LogP contribution in [0.1, 0.15) is 35.7 Å². The molecule has 4 rings (SSSR count). The summed E-state index contributed by atoms with van der Waals surface area (Å²) in [5.41, 5.74) is 1.15. The van der Waals surface area contributed by atoms with E-state index in [2.05, 4.69) is 12.2 Å². The maximum absolute atomic E-state index is 13.2. The molecule has 0 radical (unpaired) electrons. The predicted molar refractivity (Wildman–Crippen MR) is 127 cm³/mol. The van der Waals surface area contributed by atoms with Gasteiger partial charge < -0.3 is 24.5 Å². The number of carbonyl (C=O) groups is 1. The number of unbranched alkanes of at least 4 members (excludes halogenated alkanes) is 1. The normalized spacial score (nSPS) is 12.2. The van der Waals surface area contributed by atoms with E-state index in [4.69, 9.17) is 9.47 Å². The molecule has 2 aromatic carbocycles. The number of thioether (sulfide) groups is 1. The molecule has 0 aliphatic carbocycles. The number of amides is 1. The van der Waals surface area contributed by atoms with Crippen LogP contribution in [0, 0.1) is 0 Å². The number of benzene rings is 2. The van der Waals surface area contributed by atoms with Gasteiger partial charge in [-0.3, -0.25) is 9.59 Å². The van der Waals surface area contributed by atoms with E-state index in [0.717, 1.165) is 29.1 Å². The van der Waals surface area contributed by atoms with Crippen LogP contribution in [0.3, 0.4) is 0 Å². The summed E-state index contributed by atoms with van der Waals surface area (Å²) in [5.74, 6) is 0.992. The van der Waals surface area contributed by atoms with Crippen molar-refractivity contribution in [1.82, 2.24) is 4.57 Å². The predicted octanol–water partition coefficient (Wildman–Crippen LogP) is 4.42. The Morgan fingerprint density at radius 3 is 2.78 bits per heavy atom. The number of pyridine rings is 1. The number of methoxy groups -OCH3 is 2. The molecule has 1 aromatic heterocycles. The van der Waals surface area contributed by atoms with Gasteiger partial charge in [0.25, 0.3) is 11.5 Å². The van der Waals surface area contributed by atoms with Gasteiger partial charge in [-0.2, -0.15) is 0 Å². The van der Waals surface area contributed by atoms with Crippen molar-refractivity contribution in [2.75, 3.05) is 25.3 Å². The molecule has 3 aromatic rings. The van der Waals surface area contributed by atoms with Crippen molar-refractivity contribution in [1.29, 1.82) is 0 Å². The van der Waals surface area contributed by atoms with Gasteiger partial charge in [0.2, 0.25) is 0 Å². The Kier molecular flexibility index (Phi) is 6.32. The minimum absolute atomic E-state index is 0.276. The van der Waals surface area contributed by atoms with Crippen molar-refractivity contribution in [3.8, 4) is 17.2 Å². The summed E-state index contributed by atoms with van der Waals surface area (Å²) in [5, 5.41) is 14.1. The Balaban J connectivity index is 1.74. The number of aromatic hydroxyl groups is 1. The highest BCUT2D eigenvalue weighted by Crippen LogP contribution is 2.43. The average molecular weight is 455 g/mol. The molecule has 32 heavy (non-hydrogen) atoms. The first-order chi connectivity index (χ1) is 15.5. The van der Waals surface area contributed by atoms with Crippen LogP contribution in [-0.4, -0.2) is 35.6 Å². The minimum atomic E-state index is -0.642. The maximum atomic E-state index is 13.2. The molecule has 8 heteroatoms. The summed E-state index contributed by atoms with van der Waals surface area (Å²) in [4.78, 5) is 27.3. The molecule has 0 saturated heterocycles. The number of hydrogen-bond donors (Lipinski definition) is 2. The zero-order chi connectivity index (χ0) is 22.8. The molecule has 0 unspecified atom stereocenters. The summed E-state index contributed by atoms with van der Waals surface area (Å²) < 4.78 is 12.4. The fourth-order valence-corrected chi connectivity index (χ4v) is 5.14. The number of anilines is 1. The van der Waals surface area contributed by atoms with Crippen LogP contribution in [-0.2, 0) is 13.0 Å². The standard InChI is InChI=1S/C24H26N2O5S/c1-4-5-11-32-15-8-6-7-14(12-15)25-23(28)19-21(27)17-13-18(30-2)22(31-3)16-9-10-26(20(16)17)24(19)29/h6-8,12-13,27H,4-5,9-11H2,1-3H3,(H,25,28). The fourth-order valence-electron chi connectivity index (χ4n) is 4.09. The van der Waals surface area contributed by atoms with Crippen LogP contribution in [0.2, 0.25) is 0 Å². The molecular formula is C24H26N2O5S. The second-order valence-corrected chi connectivity index (χ2v) is 8.77. The quantitative estimate of drug-likeness (QED) is 0.387. The molecule has 0 spiro atoms. The Hall–Kier alpha value is -3.13. The van der Waals surface area contributed by atoms with E-state index in [1.54, 1.807) is 23.9 Å². The Labute approximate surface area is 190 Å². The number of aromatic nitrogens is 1. The number of ether oxygens (including phenoxy) is 2. The van der Waals surface area contributed by atoms with Gasteiger partial charge in [-0.15, -0.1) is 11.8 Å². The van der Waals surface area contributed by atoms with Crippen LogP contribution < -0.4 is 20.3 Å². The summed E-state index contributed by atoms with van der Waals surface area (Å²) in [6.45, 7) is 2.55. The molecule has 0 fully saturated rings. The molecule has 1 aliphatic heterocycles. The number of aryl methyl sites for hydroxylation is 2. The van der Waals surface area contributed by atoms with E-state index in [1.807, 2.05) is 18.2 Å². The first-order valence-electron chi connectivity index (χ1n) is 10.6. The highest BCUT2D eigenvalue weighted by atomic mass is 32.2. The zero-order valence-corrected chi connectivity index (χ0v) is 19.2. The van der Waals surface area contributed by atoms with E-state index in [0.29, 0.717) is 41.1 Å². The van der Waals surface area contributed by atoms with Crippen LogP contribution >= 0.6 is 11.8 Å². The van der Waals surface area contributed by atoms with Gasteiger partial charge >= 0.3 is 0 Å². The number of hydrogen-bond acceptors (Lipinski definition) is 6. The van der Waals surface area contributed by atoms with Gasteiger partial charge in [0.1, 0.15) is 11.3 Å². The molecular weight excluding hydrogens is 428 g/mol. The van der Waals surface area contributed by atoms with Gasteiger partial charge in [-0.05, 0) is 42.9 Å². The number of nitrogens with one attached hydrogen (secondary N) is 1. The average Bonchev–Trinajstić information content (AvgIpc) is 3.23. The van der Waals surface area contributed by atoms with E-state index < -0.39 is 11.5 Å². The van der Waals surface area contributed by atoms with Crippen molar-refractivity contribution in [3.05, 3.63) is 51.8 Å². The first-order valence-corrected chi connectivity index (χ1v) is 11.6. The zero-order valence-electron chi connectivity index (χ0n) is 18.4. The lowest BCUT2D eigenvalue weighted by molar-refractivity contribution is 0.102. The second kappa shape index (κ2) is 9.16. The van der Waals surface area contributed by atoms with Gasteiger partial charge in [0.05, 0.1) is 19.7 Å². The Morgan fingerprint density at radius 2 is 2.06 bits per heavy atom. The van der Waals surface area contributed by atoms with Gasteiger partial charge in [-0.25, -0.2) is 0 Å². The summed E-state index contributed by atoms with van der Waals surface area (Å²) in [6, 6.07) is 9.09. The van der Waals surface area contributed by atoms with E-state index in [-0.39, 0.29) is 11.3 Å². The largest absolute Gasteiger partial charge is 0.506 e. The Bertz CT molecular complexity index is 1250. The third kappa shape index (κ3) is 3.79. The molecule has 2 N–H and O–H groups in total. The lowest BCUT2D eigenvalue weighted by atomic mass is 10.0. The third-order valence-corrected chi connectivity index (χ3v) is 6.71. The van der Waals surface area contributed by atoms with Crippen molar-refractivity contribution < 1.29 is 19.4 Å². The van der Waals surface area contributed by atoms with Crippen molar-refractivity contribution in [2.45, 2.75) is 37.6 Å². The van der Waals surface area contributed by atoms with Crippen LogP contribution in [0.5, 0.6) is 17.2 Å². The summed E-state index contributed by atoms with van der Waals surface area (Å²) >= 11 is 1.72. The highest BCUT2D eigenvalue weighted by Gasteiger charge is 2.30. The fraction of sp³-hybridized carbons (Fsp3) is 0.333. The number of rotatable bonds is 8. The smallest absolute Gasteiger partial charge is 0.267 e. The van der Waals surface area contributed by atoms with Gasteiger partial charge in [0.15, 0.2) is 11.5 Å². The van der Waals surface area contributed by atoms with Crippen LogP contribution in [0.25, 0.3) is 10.9 Å². The summed E-state index contributed by atoms with van der Waals surface area (Å²) in [7, 11) is 3.05. The van der Waals surface area contributed by atoms with E-state index in [9.17, 15) is 14.7 Å². The Morgan fingerprint density at radius 1 is 1.25 bits per heavy atom. The van der Waals surface area contributed by atoms with Gasteiger partial charge in [0, 0.05) is 28.1 Å². The second-order valence-electron chi connectivity index (χ2n) is 7.60. The van der Waals surface area contributed by atoms with Gasteiger partial charge in [-0.1, -0.05) is 19.4 Å². The molecule has 1 amide bonds. The molecule has 0 atom stereocenters. The third-order valence-electron chi connectivity index (χ3n) is 5.63. The van der Waals surface area contributed by atoms with E-state index in [1.165, 1.54) is 18.8 Å². The van der Waals surface area contributed by atoms with Crippen molar-refractivity contribution >= 4 is 34.3 Å². The first kappa shape index (κ1) is 22.1. The number of carbonyl (C=O) groups excluding carboxylic acids is 1. The minimum Gasteiger partial charge on any atom is -0.506 e. The molecule has 7 nitrogen and oxygen atoms in total. The van der Waals surface area contributed by atoms with Crippen molar-refractivity contribution in [2.24, 2.45) is 0 Å². The SMILES string of the molecule is CCCCSc1cccc(NC(=O)c2c(O)c3cc(OC)c(OC)c4c3n(c2=O)CC4)c1. The molecule has 2 heterocycles. The molecule has 0 bridgehead atoms. The molecule has 168 valence electrons. The maximum Gasteiger partial charge on any atom is 0.267 e. The highest BCUT2D eigenvalue weighted by molar-refractivity contribution is 7.99.